The molecule has 0 bridgehead atoms. The maximum atomic E-state index is 14.7. The Balaban J connectivity index is 1.85. The molecule has 0 radical (unpaired) electrons. The van der Waals surface area contributed by atoms with Gasteiger partial charge in [0.1, 0.15) is 84.6 Å². The fraction of sp³-hybridized carbons (Fsp3) is 0.691. The highest BCUT2D eigenvalue weighted by atomic mass is 16.4. The van der Waals surface area contributed by atoms with Gasteiger partial charge in [0.15, 0.2) is 0 Å². The lowest BCUT2D eigenvalue weighted by Gasteiger charge is -2.34. The Morgan fingerprint density at radius 2 is 0.908 bits per heavy atom. The molecule has 14 atom stereocenters. The second-order valence-electron chi connectivity index (χ2n) is 28.4. The van der Waals surface area contributed by atoms with E-state index in [1.54, 1.807) is 27.7 Å². The van der Waals surface area contributed by atoms with Gasteiger partial charge in [-0.05, 0) is 101 Å². The second kappa shape index (κ2) is 45.4. The van der Waals surface area contributed by atoms with Crippen molar-refractivity contribution in [3.8, 4) is 0 Å². The number of aromatic nitrogens is 2. The number of carbonyl (C=O) groups excluding carboxylic acids is 15. The molecule has 15 amide bonds. The van der Waals surface area contributed by atoms with Crippen LogP contribution in [0.15, 0.2) is 12.5 Å². The van der Waals surface area contributed by atoms with E-state index in [1.807, 2.05) is 0 Å². The number of aromatic amines is 1. The van der Waals surface area contributed by atoms with Crippen LogP contribution in [0.2, 0.25) is 0 Å². The minimum Gasteiger partial charge on any atom is -0.481 e. The van der Waals surface area contributed by atoms with Crippen LogP contribution in [-0.2, 0) is 92.7 Å². The molecule has 0 aliphatic carbocycles. The summed E-state index contributed by atoms with van der Waals surface area (Å²) in [5, 5.41) is 78.2. The first-order valence-electron chi connectivity index (χ1n) is 36.2. The molecule has 3 rings (SSSR count). The molecule has 2 saturated heterocycles. The van der Waals surface area contributed by atoms with Crippen LogP contribution in [0.25, 0.3) is 0 Å². The van der Waals surface area contributed by atoms with Crippen LogP contribution in [0.5, 0.6) is 0 Å². The van der Waals surface area contributed by atoms with Crippen molar-refractivity contribution in [1.82, 2.24) is 83.6 Å². The number of imidazole rings is 1. The second-order valence-corrected chi connectivity index (χ2v) is 28.4. The van der Waals surface area contributed by atoms with E-state index in [0.29, 0.717) is 12.1 Å². The van der Waals surface area contributed by atoms with Crippen molar-refractivity contribution < 1.29 is 112 Å². The monoisotopic (exact) mass is 1550 g/mol. The number of unbranched alkanes of at least 4 members (excludes halogenated alkanes) is 1. The standard InChI is InChI=1S/C68H110N18O23/c1-32(2)25-42(78-59(99)43(26-38-28-71-31-72-38)79-60(100)45(29-87)74-37(10)89)58(98)76-40(18-20-50(91)92)56(96)83-53(34(5)6)64(104)80-44(27-49(70)90)66(106)86-24-14-17-48(86)67(107)85-23-13-16-47(85)62(102)77-41(19-21-51(93)94)57(97)84-54(35(7)8)65(105)81-46(30-88)61(101)75-39(15-11-12-22-69)55(95)82-52(33(3)4)63(103)73-36(9)68(108)109/h28,31-36,39-48,52-54,87-88H,11-27,29-30,69H2,1-10H3,(H2,70,90)(H,71,72)(H,73,103)(H,74,89)(H,75,101)(H,76,98)(H,77,102)(H,78,99)(H,79,100)(H,80,104)(H,81,105)(H,82,95)(H,83,96)(H,84,97)(H,91,92)(H,93,94)(H,108,109)/t36-,39-,40-,41-,42-,43-,44-,45-,46-,47+,48-,52-,53-,54-/m0/s1. The van der Waals surface area contributed by atoms with Crippen LogP contribution in [-0.4, -0.2) is 269 Å². The van der Waals surface area contributed by atoms with Gasteiger partial charge in [-0.2, -0.15) is 0 Å². The first kappa shape index (κ1) is 92.8. The summed E-state index contributed by atoms with van der Waals surface area (Å²) >= 11 is 0. The molecule has 1 aromatic heterocycles. The lowest BCUT2D eigenvalue weighted by atomic mass is 9.99. The molecule has 3 heterocycles. The number of hydrogen-bond donors (Lipinski definition) is 20. The molecule has 109 heavy (non-hydrogen) atoms. The number of H-pyrrole nitrogens is 1. The Morgan fingerprint density at radius 1 is 0.495 bits per heavy atom. The highest BCUT2D eigenvalue weighted by Crippen LogP contribution is 2.27. The van der Waals surface area contributed by atoms with E-state index in [2.05, 4.69) is 73.8 Å². The van der Waals surface area contributed by atoms with Crippen molar-refractivity contribution in [3.63, 3.8) is 0 Å². The van der Waals surface area contributed by atoms with Gasteiger partial charge < -0.3 is 116 Å². The summed E-state index contributed by atoms with van der Waals surface area (Å²) in [7, 11) is 0. The number of carboxylic acid groups (broad SMARTS) is 3. The summed E-state index contributed by atoms with van der Waals surface area (Å²) in [6, 6.07) is -21.2. The minimum atomic E-state index is -1.80. The number of hydrogen-bond acceptors (Lipinski definition) is 22. The zero-order chi connectivity index (χ0) is 82.3. The summed E-state index contributed by atoms with van der Waals surface area (Å²) in [6.45, 7) is 12.9. The number of aliphatic hydroxyl groups is 2. The third-order valence-corrected chi connectivity index (χ3v) is 17.9. The Labute approximate surface area is 629 Å². The molecule has 22 N–H and O–H groups in total. The van der Waals surface area contributed by atoms with Crippen LogP contribution >= 0.6 is 0 Å². The van der Waals surface area contributed by atoms with Gasteiger partial charge in [0, 0.05) is 51.2 Å². The molecule has 2 fully saturated rings. The predicted octanol–water partition coefficient (Wildman–Crippen LogP) is -6.39. The Hall–Kier alpha value is -10.4. The number of aliphatic hydroxyl groups excluding tert-OH is 2. The van der Waals surface area contributed by atoms with Gasteiger partial charge in [0.05, 0.1) is 26.0 Å². The number of nitrogens with zero attached hydrogens (tertiary/aromatic N) is 3. The summed E-state index contributed by atoms with van der Waals surface area (Å²) in [5.41, 5.74) is 11.6. The molecule has 0 saturated carbocycles. The SMILES string of the molecule is CC(=O)N[C@@H](CO)C(=O)N[C@@H](Cc1cnc[nH]1)C(=O)N[C@@H](CC(C)C)C(=O)N[C@@H](CCC(=O)O)C(=O)N[C@H](C(=O)N[C@@H](CC(N)=O)C(=O)N1CCC[C@H]1C(=O)N1CCC[C@@H]1C(=O)N[C@@H](CCC(=O)O)C(=O)N[C@H](C(=O)N[C@@H](CO)C(=O)N[C@@H](CCCCN)C(=O)N[C@H](C(=O)N[C@@H](C)C(=O)O)C(C)C)C(C)C)C(C)C. The zero-order valence-corrected chi connectivity index (χ0v) is 63.1. The van der Waals surface area contributed by atoms with Crippen molar-refractivity contribution in [2.45, 2.75) is 244 Å². The Morgan fingerprint density at radius 3 is 1.35 bits per heavy atom. The number of primary amides is 1. The fourth-order valence-corrected chi connectivity index (χ4v) is 12.0. The molecule has 2 aliphatic heterocycles. The number of carbonyl (C=O) groups is 18. The zero-order valence-electron chi connectivity index (χ0n) is 63.1. The number of nitrogens with two attached hydrogens (primary N) is 2. The summed E-state index contributed by atoms with van der Waals surface area (Å²) in [6.07, 6.45) is -0.0727. The van der Waals surface area contributed by atoms with E-state index in [1.165, 1.54) is 47.1 Å². The molecule has 0 spiro atoms. The van der Waals surface area contributed by atoms with Crippen molar-refractivity contribution in [3.05, 3.63) is 18.2 Å². The summed E-state index contributed by atoms with van der Waals surface area (Å²) in [5.74, 6) is -21.2. The topological polar surface area (TPSA) is 640 Å². The molecular weight excluding hydrogens is 1440 g/mol. The molecule has 2 aliphatic rings. The van der Waals surface area contributed by atoms with Crippen molar-refractivity contribution in [1.29, 1.82) is 0 Å². The quantitative estimate of drug-likeness (QED) is 0.0270. The van der Waals surface area contributed by atoms with Crippen LogP contribution in [0.3, 0.4) is 0 Å². The van der Waals surface area contributed by atoms with E-state index < -0.39 is 254 Å². The molecule has 0 aromatic carbocycles. The number of nitrogens with one attached hydrogen (secondary N) is 13. The van der Waals surface area contributed by atoms with E-state index in [9.17, 15) is 112 Å². The molecule has 610 valence electrons. The third-order valence-electron chi connectivity index (χ3n) is 17.9. The molecular formula is C68H110N18O23. The smallest absolute Gasteiger partial charge is 0.325 e. The van der Waals surface area contributed by atoms with E-state index >= 15 is 0 Å². The first-order valence-corrected chi connectivity index (χ1v) is 36.2. The van der Waals surface area contributed by atoms with Gasteiger partial charge >= 0.3 is 17.9 Å². The predicted molar refractivity (Wildman–Crippen MR) is 383 cm³/mol. The average molecular weight is 1550 g/mol. The number of aliphatic carboxylic acids is 3. The molecule has 0 unspecified atom stereocenters. The van der Waals surface area contributed by atoms with Crippen LogP contribution in [0.1, 0.15) is 158 Å². The maximum Gasteiger partial charge on any atom is 0.325 e. The normalized spacial score (nSPS) is 17.4. The Bertz CT molecular complexity index is 3370. The lowest BCUT2D eigenvalue weighted by Crippen LogP contribution is -2.62. The van der Waals surface area contributed by atoms with Crippen molar-refractivity contribution in [2.24, 2.45) is 35.1 Å². The summed E-state index contributed by atoms with van der Waals surface area (Å²) in [4.78, 5) is 251. The lowest BCUT2D eigenvalue weighted by molar-refractivity contribution is -0.148. The number of rotatable bonds is 47. The molecule has 1 aromatic rings. The van der Waals surface area contributed by atoms with Gasteiger partial charge in [-0.1, -0.05) is 55.4 Å². The van der Waals surface area contributed by atoms with Crippen molar-refractivity contribution >= 4 is 107 Å². The third kappa shape index (κ3) is 30.3. The fourth-order valence-electron chi connectivity index (χ4n) is 12.0. The number of carboxylic acids is 3. The number of likely N-dealkylation sites (tertiary alicyclic amines) is 2. The van der Waals surface area contributed by atoms with Gasteiger partial charge in [-0.3, -0.25) is 86.3 Å². The number of amides is 15. The molecule has 41 heteroatoms. The van der Waals surface area contributed by atoms with E-state index in [0.717, 1.165) is 16.7 Å². The van der Waals surface area contributed by atoms with Gasteiger partial charge in [0.2, 0.25) is 88.6 Å². The van der Waals surface area contributed by atoms with Gasteiger partial charge in [-0.15, -0.1) is 0 Å². The molecule has 41 nitrogen and oxygen atoms in total. The highest BCUT2D eigenvalue weighted by molar-refractivity contribution is 6.01. The van der Waals surface area contributed by atoms with Gasteiger partial charge in [0.25, 0.3) is 0 Å². The largest absolute Gasteiger partial charge is 0.481 e. The average Bonchev–Trinajstić information content (AvgIpc) is 1.71. The van der Waals surface area contributed by atoms with Crippen LogP contribution in [0, 0.1) is 23.7 Å². The van der Waals surface area contributed by atoms with Crippen LogP contribution in [0.4, 0.5) is 0 Å². The Kier molecular flexibility index (Phi) is 38.6. The van der Waals surface area contributed by atoms with Gasteiger partial charge in [-0.25, -0.2) is 4.98 Å². The van der Waals surface area contributed by atoms with Crippen molar-refractivity contribution in [2.75, 3.05) is 32.8 Å². The summed E-state index contributed by atoms with van der Waals surface area (Å²) < 4.78 is 0. The van der Waals surface area contributed by atoms with E-state index in [-0.39, 0.29) is 76.9 Å². The first-order chi connectivity index (χ1) is 51.2. The highest BCUT2D eigenvalue weighted by Gasteiger charge is 2.46. The van der Waals surface area contributed by atoms with Crippen LogP contribution < -0.4 is 75.3 Å². The minimum absolute atomic E-state index is 0.00256. The van der Waals surface area contributed by atoms with E-state index in [4.69, 9.17) is 11.5 Å². The maximum absolute atomic E-state index is 14.7.